The molecule has 1 saturated heterocycles. The van der Waals surface area contributed by atoms with Gasteiger partial charge in [-0.2, -0.15) is 4.39 Å². The second kappa shape index (κ2) is 8.84. The normalized spacial score (nSPS) is 25.1. The van der Waals surface area contributed by atoms with Crippen molar-refractivity contribution in [3.63, 3.8) is 0 Å². The van der Waals surface area contributed by atoms with Gasteiger partial charge in [0.1, 0.15) is 0 Å². The van der Waals surface area contributed by atoms with E-state index >= 15 is 0 Å². The molecule has 0 spiro atoms. The standard InChI is InChI=1S/C16H18FNO7S/c1-8(19)22-12-7-26-16(25-11-5-4-6-18-15(11)17)14(24-10(3)21)13(12)23-9(2)20/h4-6,12-14,16H,7H2,1-3H3/t12-,13+,14-,16?/m1/s1. The zero-order chi connectivity index (χ0) is 19.3. The molecule has 0 amide bonds. The van der Waals surface area contributed by atoms with Crippen LogP contribution < -0.4 is 4.74 Å². The van der Waals surface area contributed by atoms with Crippen molar-refractivity contribution >= 4 is 29.7 Å². The molecule has 4 atom stereocenters. The number of pyridine rings is 1. The van der Waals surface area contributed by atoms with Gasteiger partial charge in [0.15, 0.2) is 29.5 Å². The van der Waals surface area contributed by atoms with Crippen LogP contribution in [0.5, 0.6) is 5.75 Å². The summed E-state index contributed by atoms with van der Waals surface area (Å²) in [4.78, 5) is 37.8. The topological polar surface area (TPSA) is 101 Å². The SMILES string of the molecule is CC(=O)O[C@H]1[C@H](OC(C)=O)CSC(Oc2cccnc2F)[C@@H]1OC(C)=O. The summed E-state index contributed by atoms with van der Waals surface area (Å²) in [6, 6.07) is 2.85. The van der Waals surface area contributed by atoms with Crippen molar-refractivity contribution in [2.24, 2.45) is 0 Å². The van der Waals surface area contributed by atoms with Crippen LogP contribution in [0, 0.1) is 5.95 Å². The lowest BCUT2D eigenvalue weighted by atomic mass is 10.1. The fourth-order valence-corrected chi connectivity index (χ4v) is 3.60. The number of aromatic nitrogens is 1. The molecule has 142 valence electrons. The van der Waals surface area contributed by atoms with E-state index in [4.69, 9.17) is 18.9 Å². The Morgan fingerprint density at radius 3 is 2.27 bits per heavy atom. The van der Waals surface area contributed by atoms with Crippen molar-refractivity contribution < 1.29 is 37.7 Å². The van der Waals surface area contributed by atoms with Crippen molar-refractivity contribution in [2.75, 3.05) is 5.75 Å². The number of carbonyl (C=O) groups excluding carboxylic acids is 3. The number of halogens is 1. The number of thioether (sulfide) groups is 1. The van der Waals surface area contributed by atoms with E-state index in [0.717, 1.165) is 11.8 Å². The van der Waals surface area contributed by atoms with Crippen LogP contribution in [0.25, 0.3) is 0 Å². The lowest BCUT2D eigenvalue weighted by molar-refractivity contribution is -0.186. The number of hydrogen-bond donors (Lipinski definition) is 0. The van der Waals surface area contributed by atoms with E-state index in [1.54, 1.807) is 0 Å². The van der Waals surface area contributed by atoms with Crippen molar-refractivity contribution in [1.82, 2.24) is 4.98 Å². The zero-order valence-corrected chi connectivity index (χ0v) is 15.2. The largest absolute Gasteiger partial charge is 0.471 e. The maximum Gasteiger partial charge on any atom is 0.303 e. The van der Waals surface area contributed by atoms with Crippen LogP contribution in [-0.4, -0.2) is 52.4 Å². The van der Waals surface area contributed by atoms with Crippen LogP contribution in [0.3, 0.4) is 0 Å². The molecule has 0 aromatic carbocycles. The number of hydrogen-bond acceptors (Lipinski definition) is 9. The van der Waals surface area contributed by atoms with Gasteiger partial charge in [0.25, 0.3) is 5.95 Å². The smallest absolute Gasteiger partial charge is 0.303 e. The number of rotatable bonds is 5. The Morgan fingerprint density at radius 2 is 1.69 bits per heavy atom. The Morgan fingerprint density at radius 1 is 1.08 bits per heavy atom. The molecule has 1 aliphatic rings. The number of carbonyl (C=O) groups is 3. The minimum absolute atomic E-state index is 0.144. The van der Waals surface area contributed by atoms with Crippen molar-refractivity contribution in [1.29, 1.82) is 0 Å². The Kier molecular flexibility index (Phi) is 6.78. The molecule has 0 aliphatic carbocycles. The summed E-state index contributed by atoms with van der Waals surface area (Å²) in [6.07, 6.45) is -1.78. The Labute approximate surface area is 153 Å². The summed E-state index contributed by atoms with van der Waals surface area (Å²) in [7, 11) is 0. The molecule has 0 N–H and O–H groups in total. The van der Waals surface area contributed by atoms with Crippen LogP contribution >= 0.6 is 11.8 Å². The van der Waals surface area contributed by atoms with Gasteiger partial charge in [0.2, 0.25) is 0 Å². The molecular formula is C16H18FNO7S. The zero-order valence-electron chi connectivity index (χ0n) is 14.3. The average molecular weight is 387 g/mol. The van der Waals surface area contributed by atoms with Crippen LogP contribution in [0.4, 0.5) is 4.39 Å². The van der Waals surface area contributed by atoms with E-state index in [1.165, 1.54) is 39.1 Å². The summed E-state index contributed by atoms with van der Waals surface area (Å²) < 4.78 is 35.0. The maximum atomic E-state index is 13.8. The molecular weight excluding hydrogens is 369 g/mol. The summed E-state index contributed by atoms with van der Waals surface area (Å²) >= 11 is 1.14. The van der Waals surface area contributed by atoms with E-state index in [-0.39, 0.29) is 11.5 Å². The second-order valence-electron chi connectivity index (χ2n) is 5.41. The summed E-state index contributed by atoms with van der Waals surface area (Å²) in [6.45, 7) is 3.56. The molecule has 1 aliphatic heterocycles. The van der Waals surface area contributed by atoms with E-state index in [2.05, 4.69) is 4.98 Å². The highest BCUT2D eigenvalue weighted by molar-refractivity contribution is 7.99. The fraction of sp³-hybridized carbons (Fsp3) is 0.500. The molecule has 0 bridgehead atoms. The first-order valence-corrected chi connectivity index (χ1v) is 8.73. The van der Waals surface area contributed by atoms with E-state index in [0.29, 0.717) is 0 Å². The molecule has 1 unspecified atom stereocenters. The second-order valence-corrected chi connectivity index (χ2v) is 6.54. The summed E-state index contributed by atoms with van der Waals surface area (Å²) in [5.41, 5.74) is -0.895. The average Bonchev–Trinajstić information content (AvgIpc) is 2.53. The minimum atomic E-state index is -1.11. The van der Waals surface area contributed by atoms with Gasteiger partial charge in [-0.05, 0) is 12.1 Å². The van der Waals surface area contributed by atoms with Gasteiger partial charge < -0.3 is 18.9 Å². The molecule has 2 heterocycles. The highest BCUT2D eigenvalue weighted by atomic mass is 32.2. The van der Waals surface area contributed by atoms with Crippen molar-refractivity contribution in [3.8, 4) is 5.75 Å². The van der Waals surface area contributed by atoms with Crippen LogP contribution in [0.15, 0.2) is 18.3 Å². The van der Waals surface area contributed by atoms with E-state index in [1.807, 2.05) is 0 Å². The molecule has 1 aromatic heterocycles. The first-order valence-electron chi connectivity index (χ1n) is 7.68. The first-order chi connectivity index (χ1) is 12.3. The maximum absolute atomic E-state index is 13.8. The molecule has 8 nitrogen and oxygen atoms in total. The predicted octanol–water partition coefficient (Wildman–Crippen LogP) is 1.47. The van der Waals surface area contributed by atoms with E-state index in [9.17, 15) is 18.8 Å². The lowest BCUT2D eigenvalue weighted by Gasteiger charge is -2.39. The van der Waals surface area contributed by atoms with Gasteiger partial charge in [0, 0.05) is 32.7 Å². The quantitative estimate of drug-likeness (QED) is 0.422. The van der Waals surface area contributed by atoms with Gasteiger partial charge in [-0.1, -0.05) is 0 Å². The van der Waals surface area contributed by atoms with Gasteiger partial charge in [-0.25, -0.2) is 4.98 Å². The highest BCUT2D eigenvalue weighted by Gasteiger charge is 2.47. The van der Waals surface area contributed by atoms with E-state index < -0.39 is 47.6 Å². The molecule has 0 saturated carbocycles. The predicted molar refractivity (Wildman–Crippen MR) is 87.7 cm³/mol. The Bertz CT molecular complexity index is 686. The van der Waals surface area contributed by atoms with Crippen LogP contribution in [0.2, 0.25) is 0 Å². The molecule has 0 radical (unpaired) electrons. The fourth-order valence-electron chi connectivity index (χ4n) is 2.39. The number of ether oxygens (including phenoxy) is 4. The molecule has 1 fully saturated rings. The third-order valence-electron chi connectivity index (χ3n) is 3.27. The summed E-state index contributed by atoms with van der Waals surface area (Å²) in [5.74, 6) is -2.66. The molecule has 2 rings (SSSR count). The highest BCUT2D eigenvalue weighted by Crippen LogP contribution is 2.34. The Balaban J connectivity index is 2.29. The van der Waals surface area contributed by atoms with Gasteiger partial charge in [-0.3, -0.25) is 14.4 Å². The lowest BCUT2D eigenvalue weighted by Crippen LogP contribution is -2.55. The van der Waals surface area contributed by atoms with Gasteiger partial charge >= 0.3 is 17.9 Å². The molecule has 26 heavy (non-hydrogen) atoms. The van der Waals surface area contributed by atoms with Crippen molar-refractivity contribution in [3.05, 3.63) is 24.3 Å². The van der Waals surface area contributed by atoms with Crippen molar-refractivity contribution in [2.45, 2.75) is 44.5 Å². The third kappa shape index (κ3) is 5.32. The summed E-state index contributed by atoms with van der Waals surface area (Å²) in [5, 5.41) is 0. The van der Waals surface area contributed by atoms with Gasteiger partial charge in [0.05, 0.1) is 0 Å². The van der Waals surface area contributed by atoms with Gasteiger partial charge in [-0.15, -0.1) is 11.8 Å². The van der Waals surface area contributed by atoms with Crippen LogP contribution in [-0.2, 0) is 28.6 Å². The molecule has 1 aromatic rings. The monoisotopic (exact) mass is 387 g/mol. The minimum Gasteiger partial charge on any atom is -0.471 e. The number of nitrogens with zero attached hydrogens (tertiary/aromatic N) is 1. The molecule has 10 heteroatoms. The number of esters is 3. The van der Waals surface area contributed by atoms with Crippen LogP contribution in [0.1, 0.15) is 20.8 Å². The Hall–Kier alpha value is -2.36. The first kappa shape index (κ1) is 20.0. The third-order valence-corrected chi connectivity index (χ3v) is 4.49.